The zero-order valence-corrected chi connectivity index (χ0v) is 17.7. The minimum Gasteiger partial charge on any atom is -0.454 e. The summed E-state index contributed by atoms with van der Waals surface area (Å²) in [6, 6.07) is 9.80. The number of alkyl halides is 3. The first-order chi connectivity index (χ1) is 15.1. The Morgan fingerprint density at radius 3 is 2.44 bits per heavy atom. The number of fused-ring (bicyclic) bond motifs is 1. The second-order valence-corrected chi connectivity index (χ2v) is 8.10. The van der Waals surface area contributed by atoms with Crippen molar-refractivity contribution in [3.63, 3.8) is 0 Å². The van der Waals surface area contributed by atoms with Crippen molar-refractivity contribution >= 4 is 11.8 Å². The Labute approximate surface area is 183 Å². The van der Waals surface area contributed by atoms with Gasteiger partial charge in [0, 0.05) is 6.54 Å². The lowest BCUT2D eigenvalue weighted by atomic mass is 9.83. The molecule has 32 heavy (non-hydrogen) atoms. The fourth-order valence-corrected chi connectivity index (χ4v) is 4.05. The number of β-lactam (4-membered cyclic amide) rings is 1. The molecule has 0 aromatic heterocycles. The van der Waals surface area contributed by atoms with Crippen molar-refractivity contribution in [2.45, 2.75) is 51.0 Å². The van der Waals surface area contributed by atoms with Gasteiger partial charge in [-0.15, -0.1) is 0 Å². The van der Waals surface area contributed by atoms with Crippen LogP contribution in [0, 0.1) is 0 Å². The minimum atomic E-state index is -4.41. The predicted octanol–water partition coefficient (Wildman–Crippen LogP) is 4.19. The largest absolute Gasteiger partial charge is 0.454 e. The summed E-state index contributed by atoms with van der Waals surface area (Å²) in [6.45, 7) is 3.72. The van der Waals surface area contributed by atoms with Gasteiger partial charge in [0.15, 0.2) is 11.5 Å². The number of hydrogen-bond donors (Lipinski definition) is 1. The molecule has 9 heteroatoms. The molecule has 0 bridgehead atoms. The van der Waals surface area contributed by atoms with Crippen LogP contribution in [0.5, 0.6) is 11.5 Å². The number of halogens is 3. The summed E-state index contributed by atoms with van der Waals surface area (Å²) < 4.78 is 49.0. The molecule has 2 aromatic carbocycles. The topological polar surface area (TPSA) is 67.9 Å². The number of amides is 2. The van der Waals surface area contributed by atoms with Crippen LogP contribution in [0.1, 0.15) is 49.4 Å². The van der Waals surface area contributed by atoms with Crippen LogP contribution in [0.25, 0.3) is 0 Å². The van der Waals surface area contributed by atoms with Gasteiger partial charge in [0.2, 0.25) is 18.6 Å². The molecule has 2 heterocycles. The molecule has 0 spiro atoms. The Balaban J connectivity index is 1.48. The molecule has 2 unspecified atom stereocenters. The molecule has 2 atom stereocenters. The predicted molar refractivity (Wildman–Crippen MR) is 109 cm³/mol. The van der Waals surface area contributed by atoms with Gasteiger partial charge in [-0.05, 0) is 48.7 Å². The lowest BCUT2D eigenvalue weighted by Crippen LogP contribution is -2.64. The van der Waals surface area contributed by atoms with E-state index in [0.717, 1.165) is 17.7 Å². The fourth-order valence-electron chi connectivity index (χ4n) is 4.05. The second-order valence-electron chi connectivity index (χ2n) is 8.10. The van der Waals surface area contributed by atoms with Gasteiger partial charge in [0.1, 0.15) is 5.54 Å². The highest BCUT2D eigenvalue weighted by Crippen LogP contribution is 2.44. The molecular formula is C23H23F3N2O4. The third kappa shape index (κ3) is 3.87. The van der Waals surface area contributed by atoms with Gasteiger partial charge < -0.3 is 19.7 Å². The summed E-state index contributed by atoms with van der Waals surface area (Å²) in [5.41, 5.74) is -0.470. The van der Waals surface area contributed by atoms with Crippen molar-refractivity contribution < 1.29 is 32.2 Å². The van der Waals surface area contributed by atoms with Gasteiger partial charge in [-0.25, -0.2) is 0 Å². The molecule has 2 aliphatic heterocycles. The van der Waals surface area contributed by atoms with Crippen LogP contribution in [-0.4, -0.2) is 29.0 Å². The molecule has 1 N–H and O–H groups in total. The highest BCUT2D eigenvalue weighted by atomic mass is 19.4. The van der Waals surface area contributed by atoms with E-state index >= 15 is 0 Å². The van der Waals surface area contributed by atoms with Crippen molar-refractivity contribution in [2.24, 2.45) is 0 Å². The molecular weight excluding hydrogens is 425 g/mol. The van der Waals surface area contributed by atoms with Gasteiger partial charge in [0.25, 0.3) is 0 Å². The quantitative estimate of drug-likeness (QED) is 0.673. The lowest BCUT2D eigenvalue weighted by molar-refractivity contribution is -0.164. The SMILES string of the molecule is CCC(C)(C(=O)NCc1ccc(C(F)(F)F)cc1)N1C(=O)CC1c1ccc2c(c1)OCO2. The number of rotatable bonds is 6. The molecule has 2 aromatic rings. The van der Waals surface area contributed by atoms with Gasteiger partial charge in [0.05, 0.1) is 18.0 Å². The highest BCUT2D eigenvalue weighted by molar-refractivity contribution is 5.94. The summed E-state index contributed by atoms with van der Waals surface area (Å²) in [4.78, 5) is 27.2. The van der Waals surface area contributed by atoms with Gasteiger partial charge in [-0.1, -0.05) is 25.1 Å². The zero-order chi connectivity index (χ0) is 23.1. The average molecular weight is 448 g/mol. The van der Waals surface area contributed by atoms with E-state index in [9.17, 15) is 22.8 Å². The van der Waals surface area contributed by atoms with Crippen molar-refractivity contribution in [1.82, 2.24) is 10.2 Å². The van der Waals surface area contributed by atoms with E-state index in [1.807, 2.05) is 19.1 Å². The molecule has 2 aliphatic rings. The third-order valence-corrected chi connectivity index (χ3v) is 6.17. The Hall–Kier alpha value is -3.23. The van der Waals surface area contributed by atoms with E-state index in [1.165, 1.54) is 12.1 Å². The van der Waals surface area contributed by atoms with Gasteiger partial charge in [-0.2, -0.15) is 13.2 Å². The number of benzene rings is 2. The summed E-state index contributed by atoms with van der Waals surface area (Å²) >= 11 is 0. The fraction of sp³-hybridized carbons (Fsp3) is 0.391. The Bertz CT molecular complexity index is 1040. The summed E-state index contributed by atoms with van der Waals surface area (Å²) in [5.74, 6) is 0.741. The molecule has 6 nitrogen and oxygen atoms in total. The van der Waals surface area contributed by atoms with Crippen LogP contribution in [0.3, 0.4) is 0 Å². The standard InChI is InChI=1S/C23H23F3N2O4/c1-3-22(2,21(30)27-12-14-4-7-16(8-5-14)23(24,25)26)28-17(11-20(28)29)15-6-9-18-19(10-15)32-13-31-18/h4-10,17H,3,11-13H2,1-2H3,(H,27,30). The maximum atomic E-state index is 13.1. The summed E-state index contributed by atoms with van der Waals surface area (Å²) in [7, 11) is 0. The van der Waals surface area contributed by atoms with Crippen LogP contribution < -0.4 is 14.8 Å². The van der Waals surface area contributed by atoms with Crippen LogP contribution in [-0.2, 0) is 22.3 Å². The lowest BCUT2D eigenvalue weighted by Gasteiger charge is -2.51. The normalized spacial score (nSPS) is 19.3. The molecule has 0 aliphatic carbocycles. The van der Waals surface area contributed by atoms with Gasteiger partial charge >= 0.3 is 6.18 Å². The molecule has 170 valence electrons. The number of nitrogens with zero attached hydrogens (tertiary/aromatic N) is 1. The number of carbonyl (C=O) groups is 2. The van der Waals surface area contributed by atoms with Crippen molar-refractivity contribution in [1.29, 1.82) is 0 Å². The highest BCUT2D eigenvalue weighted by Gasteiger charge is 2.51. The van der Waals surface area contributed by atoms with Crippen LogP contribution in [0.2, 0.25) is 0 Å². The minimum absolute atomic E-state index is 0.0588. The second kappa shape index (κ2) is 8.03. The molecule has 4 rings (SSSR count). The molecule has 1 fully saturated rings. The summed E-state index contributed by atoms with van der Waals surface area (Å²) in [5, 5.41) is 2.77. The van der Waals surface area contributed by atoms with Crippen molar-refractivity contribution in [3.05, 3.63) is 59.2 Å². The third-order valence-electron chi connectivity index (χ3n) is 6.17. The monoisotopic (exact) mass is 448 g/mol. The van der Waals surface area contributed by atoms with E-state index in [4.69, 9.17) is 9.47 Å². The first-order valence-corrected chi connectivity index (χ1v) is 10.3. The van der Waals surface area contributed by atoms with Crippen molar-refractivity contribution in [2.75, 3.05) is 6.79 Å². The van der Waals surface area contributed by atoms with E-state index in [0.29, 0.717) is 23.5 Å². The number of hydrogen-bond acceptors (Lipinski definition) is 4. The molecule has 0 radical (unpaired) electrons. The number of carbonyl (C=O) groups excluding carboxylic acids is 2. The molecule has 2 amide bonds. The number of likely N-dealkylation sites (tertiary alicyclic amines) is 1. The number of ether oxygens (including phenoxy) is 2. The zero-order valence-electron chi connectivity index (χ0n) is 17.7. The average Bonchev–Trinajstić information content (AvgIpc) is 3.23. The van der Waals surface area contributed by atoms with E-state index < -0.39 is 17.3 Å². The van der Waals surface area contributed by atoms with Crippen LogP contribution >= 0.6 is 0 Å². The number of nitrogens with one attached hydrogen (secondary N) is 1. The smallest absolute Gasteiger partial charge is 0.416 e. The van der Waals surface area contributed by atoms with Gasteiger partial charge in [-0.3, -0.25) is 9.59 Å². The van der Waals surface area contributed by atoms with E-state index in [-0.39, 0.29) is 37.6 Å². The first-order valence-electron chi connectivity index (χ1n) is 10.3. The maximum Gasteiger partial charge on any atom is 0.416 e. The maximum absolute atomic E-state index is 13.1. The molecule has 0 saturated carbocycles. The van der Waals surface area contributed by atoms with Crippen molar-refractivity contribution in [3.8, 4) is 11.5 Å². The Morgan fingerprint density at radius 1 is 1.12 bits per heavy atom. The Kier molecular flexibility index (Phi) is 5.52. The van der Waals surface area contributed by atoms with E-state index in [1.54, 1.807) is 17.9 Å². The Morgan fingerprint density at radius 2 is 1.81 bits per heavy atom. The summed E-state index contributed by atoms with van der Waals surface area (Å²) in [6.07, 6.45) is -3.76. The molecule has 1 saturated heterocycles. The van der Waals surface area contributed by atoms with Crippen LogP contribution in [0.15, 0.2) is 42.5 Å². The first kappa shape index (κ1) is 22.0. The van der Waals surface area contributed by atoms with E-state index in [2.05, 4.69) is 5.32 Å². The van der Waals surface area contributed by atoms with Crippen LogP contribution in [0.4, 0.5) is 13.2 Å².